The maximum Gasteiger partial charge on any atom is 0.328 e. The second-order valence-electron chi connectivity index (χ2n) is 10.6. The number of benzene rings is 1. The lowest BCUT2D eigenvalue weighted by Crippen LogP contribution is -2.41. The van der Waals surface area contributed by atoms with Crippen LogP contribution in [0.3, 0.4) is 0 Å². The van der Waals surface area contributed by atoms with Crippen molar-refractivity contribution in [1.82, 2.24) is 10.0 Å². The summed E-state index contributed by atoms with van der Waals surface area (Å²) in [6.45, 7) is 10.2. The van der Waals surface area contributed by atoms with Gasteiger partial charge in [0.05, 0.1) is 12.0 Å². The second kappa shape index (κ2) is 14.0. The van der Waals surface area contributed by atoms with Gasteiger partial charge in [-0.25, -0.2) is 17.9 Å². The minimum Gasteiger partial charge on any atom is -0.487 e. The van der Waals surface area contributed by atoms with E-state index in [0.29, 0.717) is 43.4 Å². The van der Waals surface area contributed by atoms with Crippen LogP contribution < -0.4 is 26.2 Å². The molecule has 2 rings (SSSR count). The minimum absolute atomic E-state index is 0.151. The predicted molar refractivity (Wildman–Crippen MR) is 151 cm³/mol. The SMILES string of the molecule is COC(=O)C(CCCN=C(N)NS(=O)(=O)c1c(C)c(C)c2c(c1C)CCC(C)(C)O2)NC(=O)CCCCCN. The lowest BCUT2D eigenvalue weighted by molar-refractivity contribution is -0.145. The van der Waals surface area contributed by atoms with Gasteiger partial charge in [0.25, 0.3) is 10.0 Å². The highest BCUT2D eigenvalue weighted by molar-refractivity contribution is 7.90. The maximum absolute atomic E-state index is 13.3. The van der Waals surface area contributed by atoms with E-state index >= 15 is 0 Å². The number of sulfonamides is 1. The Morgan fingerprint density at radius 1 is 1.10 bits per heavy atom. The number of hydrogen-bond donors (Lipinski definition) is 4. The van der Waals surface area contributed by atoms with Crippen LogP contribution in [0.1, 0.15) is 81.0 Å². The van der Waals surface area contributed by atoms with Gasteiger partial charge in [0.1, 0.15) is 17.4 Å². The molecular weight excluding hydrogens is 522 g/mol. The first-order valence-electron chi connectivity index (χ1n) is 13.5. The highest BCUT2D eigenvalue weighted by Crippen LogP contribution is 2.42. The van der Waals surface area contributed by atoms with Crippen molar-refractivity contribution < 1.29 is 27.5 Å². The Balaban J connectivity index is 2.04. The molecule has 1 aliphatic rings. The summed E-state index contributed by atoms with van der Waals surface area (Å²) in [5.74, 6) is -0.285. The van der Waals surface area contributed by atoms with Gasteiger partial charge in [-0.1, -0.05) is 6.42 Å². The van der Waals surface area contributed by atoms with Crippen molar-refractivity contribution in [2.24, 2.45) is 16.5 Å². The average Bonchev–Trinajstić information content (AvgIpc) is 2.85. The number of amides is 1. The van der Waals surface area contributed by atoms with E-state index < -0.39 is 22.0 Å². The Bertz CT molecular complexity index is 1180. The third-order valence-corrected chi connectivity index (χ3v) is 8.66. The molecule has 11 nitrogen and oxygen atoms in total. The molecule has 1 aliphatic heterocycles. The van der Waals surface area contributed by atoms with E-state index in [1.54, 1.807) is 13.8 Å². The standard InChI is InChI=1S/C27H45N5O6S/c1-17-18(2)24(19(3)20-13-14-27(4,5)38-23(17)20)39(35,36)32-26(29)30-16-10-11-21(25(34)37-6)31-22(33)12-8-7-9-15-28/h21H,7-16,28H2,1-6H3,(H,31,33)(H3,29,30,32). The fraction of sp³-hybridized carbons (Fsp3) is 0.667. The van der Waals surface area contributed by atoms with Gasteiger partial charge < -0.3 is 26.3 Å². The Hall–Kier alpha value is -2.86. The first kappa shape index (κ1) is 32.4. The Labute approximate surface area is 232 Å². The zero-order valence-electron chi connectivity index (χ0n) is 24.1. The molecule has 0 fully saturated rings. The van der Waals surface area contributed by atoms with E-state index in [0.717, 1.165) is 36.1 Å². The number of hydrogen-bond acceptors (Lipinski definition) is 8. The molecule has 220 valence electrons. The zero-order chi connectivity index (χ0) is 29.4. The molecule has 1 unspecified atom stereocenters. The van der Waals surface area contributed by atoms with Crippen molar-refractivity contribution in [2.75, 3.05) is 20.2 Å². The number of guanidine groups is 1. The van der Waals surface area contributed by atoms with E-state index in [-0.39, 0.29) is 35.3 Å². The number of esters is 1. The molecule has 12 heteroatoms. The fourth-order valence-corrected chi connectivity index (χ4v) is 6.26. The molecule has 1 aromatic carbocycles. The highest BCUT2D eigenvalue weighted by Gasteiger charge is 2.33. The van der Waals surface area contributed by atoms with Crippen LogP contribution in [0.5, 0.6) is 5.75 Å². The van der Waals surface area contributed by atoms with Gasteiger partial charge in [0.2, 0.25) is 11.9 Å². The molecule has 1 atom stereocenters. The molecule has 1 heterocycles. The van der Waals surface area contributed by atoms with E-state index in [2.05, 4.69) is 15.0 Å². The fourth-order valence-electron chi connectivity index (χ4n) is 4.73. The van der Waals surface area contributed by atoms with Crippen molar-refractivity contribution in [1.29, 1.82) is 0 Å². The number of rotatable bonds is 13. The topological polar surface area (TPSA) is 175 Å². The lowest BCUT2D eigenvalue weighted by atomic mass is 9.88. The number of fused-ring (bicyclic) bond motifs is 1. The lowest BCUT2D eigenvalue weighted by Gasteiger charge is -2.35. The number of methoxy groups -OCH3 is 1. The molecule has 0 saturated carbocycles. The largest absolute Gasteiger partial charge is 0.487 e. The van der Waals surface area contributed by atoms with Crippen LogP contribution in [-0.4, -0.2) is 58.1 Å². The van der Waals surface area contributed by atoms with Gasteiger partial charge in [0.15, 0.2) is 0 Å². The minimum atomic E-state index is -4.01. The summed E-state index contributed by atoms with van der Waals surface area (Å²) >= 11 is 0. The predicted octanol–water partition coefficient (Wildman–Crippen LogP) is 2.27. The summed E-state index contributed by atoms with van der Waals surface area (Å²) < 4.78 is 40.1. The van der Waals surface area contributed by atoms with Crippen LogP contribution >= 0.6 is 0 Å². The van der Waals surface area contributed by atoms with Crippen LogP contribution in [-0.2, 0) is 30.8 Å². The molecule has 0 radical (unpaired) electrons. The first-order valence-corrected chi connectivity index (χ1v) is 14.9. The van der Waals surface area contributed by atoms with E-state index in [4.69, 9.17) is 20.9 Å². The molecule has 0 spiro atoms. The smallest absolute Gasteiger partial charge is 0.328 e. The number of nitrogens with two attached hydrogens (primary N) is 2. The zero-order valence-corrected chi connectivity index (χ0v) is 24.9. The number of ether oxygens (including phenoxy) is 2. The molecule has 1 amide bonds. The van der Waals surface area contributed by atoms with Crippen LogP contribution in [0.2, 0.25) is 0 Å². The molecule has 0 aliphatic carbocycles. The maximum atomic E-state index is 13.3. The summed E-state index contributed by atoms with van der Waals surface area (Å²) in [6, 6.07) is -0.818. The third kappa shape index (κ3) is 8.82. The molecule has 39 heavy (non-hydrogen) atoms. The summed E-state index contributed by atoms with van der Waals surface area (Å²) in [5.41, 5.74) is 14.0. The number of carbonyl (C=O) groups excluding carboxylic acids is 2. The normalized spacial score (nSPS) is 15.6. The number of unbranched alkanes of at least 4 members (excludes halogenated alkanes) is 2. The average molecular weight is 568 g/mol. The van der Waals surface area contributed by atoms with Gasteiger partial charge in [-0.05, 0) is 102 Å². The van der Waals surface area contributed by atoms with Gasteiger partial charge in [0, 0.05) is 13.0 Å². The molecule has 6 N–H and O–H groups in total. The second-order valence-corrected chi connectivity index (χ2v) is 12.3. The Kier molecular flexibility index (Phi) is 11.6. The quantitative estimate of drug-likeness (QED) is 0.121. The van der Waals surface area contributed by atoms with Crippen molar-refractivity contribution in [3.8, 4) is 5.75 Å². The van der Waals surface area contributed by atoms with Crippen molar-refractivity contribution in [2.45, 2.75) is 103 Å². The van der Waals surface area contributed by atoms with E-state index in [1.165, 1.54) is 7.11 Å². The molecule has 0 saturated heterocycles. The number of carbonyl (C=O) groups is 2. The van der Waals surface area contributed by atoms with Crippen LogP contribution in [0.25, 0.3) is 0 Å². The highest BCUT2D eigenvalue weighted by atomic mass is 32.2. The van der Waals surface area contributed by atoms with Crippen molar-refractivity contribution >= 4 is 27.9 Å². The van der Waals surface area contributed by atoms with Gasteiger partial charge >= 0.3 is 5.97 Å². The first-order chi connectivity index (χ1) is 18.2. The monoisotopic (exact) mass is 567 g/mol. The van der Waals surface area contributed by atoms with Gasteiger partial charge in [-0.3, -0.25) is 9.79 Å². The van der Waals surface area contributed by atoms with Crippen LogP contribution in [0.15, 0.2) is 9.89 Å². The molecule has 0 aromatic heterocycles. The van der Waals surface area contributed by atoms with E-state index in [9.17, 15) is 18.0 Å². The van der Waals surface area contributed by atoms with E-state index in [1.807, 2.05) is 20.8 Å². The van der Waals surface area contributed by atoms with Gasteiger partial charge in [-0.2, -0.15) is 0 Å². The summed E-state index contributed by atoms with van der Waals surface area (Å²) in [6.07, 6.45) is 4.80. The summed E-state index contributed by atoms with van der Waals surface area (Å²) in [7, 11) is -2.75. The number of aliphatic imine (C=N–C) groups is 1. The Morgan fingerprint density at radius 3 is 2.44 bits per heavy atom. The number of nitrogens with zero attached hydrogens (tertiary/aromatic N) is 1. The van der Waals surface area contributed by atoms with Gasteiger partial charge in [-0.15, -0.1) is 0 Å². The van der Waals surface area contributed by atoms with Crippen LogP contribution in [0.4, 0.5) is 0 Å². The third-order valence-electron chi connectivity index (χ3n) is 7.04. The van der Waals surface area contributed by atoms with Crippen molar-refractivity contribution in [3.63, 3.8) is 0 Å². The summed E-state index contributed by atoms with van der Waals surface area (Å²) in [4.78, 5) is 28.6. The molecule has 1 aromatic rings. The Morgan fingerprint density at radius 2 is 1.79 bits per heavy atom. The molecule has 0 bridgehead atoms. The number of nitrogens with one attached hydrogen (secondary N) is 2. The van der Waals surface area contributed by atoms with Crippen molar-refractivity contribution in [3.05, 3.63) is 22.3 Å². The molecular formula is C27H45N5O6S. The summed E-state index contributed by atoms with van der Waals surface area (Å²) in [5, 5.41) is 2.69. The van der Waals surface area contributed by atoms with Crippen LogP contribution in [0, 0.1) is 20.8 Å².